The Labute approximate surface area is 102 Å². The number of benzene rings is 1. The molecule has 1 aromatic carbocycles. The summed E-state index contributed by atoms with van der Waals surface area (Å²) in [5.41, 5.74) is 3.47. The van der Waals surface area contributed by atoms with Crippen molar-refractivity contribution in [3.63, 3.8) is 0 Å². The highest BCUT2D eigenvalue weighted by molar-refractivity contribution is 7.80. The normalized spacial score (nSPS) is 13.3. The minimum atomic E-state index is 0.182. The Bertz CT molecular complexity index is 457. The van der Waals surface area contributed by atoms with Crippen molar-refractivity contribution < 1.29 is 0 Å². The lowest BCUT2D eigenvalue weighted by molar-refractivity contribution is 0.827. The number of pyridine rings is 1. The molecule has 0 aliphatic carbocycles. The summed E-state index contributed by atoms with van der Waals surface area (Å²) in [4.78, 5) is 4.72. The zero-order chi connectivity index (χ0) is 11.7. The second kappa shape index (κ2) is 4.46. The second-order valence-electron chi connectivity index (χ2n) is 4.49. The van der Waals surface area contributed by atoms with E-state index in [1.165, 1.54) is 10.9 Å². The number of nitrogens with zero attached hydrogens (tertiary/aromatic N) is 1. The van der Waals surface area contributed by atoms with Gasteiger partial charge in [-0.05, 0) is 30.5 Å². The van der Waals surface area contributed by atoms with Gasteiger partial charge in [-0.1, -0.05) is 32.0 Å². The lowest BCUT2D eigenvalue weighted by atomic mass is 9.98. The van der Waals surface area contributed by atoms with Gasteiger partial charge in [0, 0.05) is 10.6 Å². The van der Waals surface area contributed by atoms with Crippen LogP contribution < -0.4 is 0 Å². The molecule has 0 fully saturated rings. The third-order valence-electron chi connectivity index (χ3n) is 2.80. The minimum absolute atomic E-state index is 0.182. The van der Waals surface area contributed by atoms with Crippen molar-refractivity contribution >= 4 is 23.5 Å². The third kappa shape index (κ3) is 2.07. The Hall–Kier alpha value is -1.02. The molecule has 0 spiro atoms. The molecule has 0 saturated heterocycles. The number of thiol groups is 1. The molecule has 1 atom stereocenters. The van der Waals surface area contributed by atoms with Gasteiger partial charge in [-0.3, -0.25) is 4.98 Å². The van der Waals surface area contributed by atoms with Crippen LogP contribution in [0.4, 0.5) is 0 Å². The molecule has 16 heavy (non-hydrogen) atoms. The van der Waals surface area contributed by atoms with E-state index in [9.17, 15) is 0 Å². The molecule has 84 valence electrons. The van der Waals surface area contributed by atoms with Crippen LogP contribution >= 0.6 is 12.6 Å². The van der Waals surface area contributed by atoms with Crippen molar-refractivity contribution in [1.82, 2.24) is 4.98 Å². The van der Waals surface area contributed by atoms with Crippen LogP contribution in [0.15, 0.2) is 30.3 Å². The van der Waals surface area contributed by atoms with Gasteiger partial charge in [0.05, 0.1) is 11.2 Å². The van der Waals surface area contributed by atoms with E-state index in [0.717, 1.165) is 11.2 Å². The Morgan fingerprint density at radius 1 is 1.12 bits per heavy atom. The SMILES string of the molecule is CC(C)c1cc2ccccc2nc1C(C)S. The highest BCUT2D eigenvalue weighted by Gasteiger charge is 2.13. The van der Waals surface area contributed by atoms with Crippen molar-refractivity contribution in [3.8, 4) is 0 Å². The fourth-order valence-electron chi connectivity index (χ4n) is 1.94. The van der Waals surface area contributed by atoms with Gasteiger partial charge in [-0.2, -0.15) is 12.6 Å². The van der Waals surface area contributed by atoms with Crippen molar-refractivity contribution in [2.75, 3.05) is 0 Å². The number of hydrogen-bond acceptors (Lipinski definition) is 2. The molecule has 0 radical (unpaired) electrons. The lowest BCUT2D eigenvalue weighted by Crippen LogP contribution is -2.01. The predicted molar refractivity (Wildman–Crippen MR) is 73.2 cm³/mol. The standard InChI is InChI=1S/C14H17NS/c1-9(2)12-8-11-6-4-5-7-13(11)15-14(12)10(3)16/h4-10,16H,1-3H3. The van der Waals surface area contributed by atoms with Gasteiger partial charge in [-0.15, -0.1) is 0 Å². The summed E-state index contributed by atoms with van der Waals surface area (Å²) < 4.78 is 0. The van der Waals surface area contributed by atoms with Gasteiger partial charge in [0.25, 0.3) is 0 Å². The van der Waals surface area contributed by atoms with Gasteiger partial charge in [0.15, 0.2) is 0 Å². The van der Waals surface area contributed by atoms with E-state index in [1.54, 1.807) is 0 Å². The molecular weight excluding hydrogens is 214 g/mol. The number of hydrogen-bond donors (Lipinski definition) is 1. The summed E-state index contributed by atoms with van der Waals surface area (Å²) in [6, 6.07) is 10.5. The topological polar surface area (TPSA) is 12.9 Å². The molecule has 2 aromatic rings. The maximum Gasteiger partial charge on any atom is 0.0706 e. The first-order valence-electron chi connectivity index (χ1n) is 5.67. The van der Waals surface area contributed by atoms with E-state index < -0.39 is 0 Å². The monoisotopic (exact) mass is 231 g/mol. The second-order valence-corrected chi connectivity index (χ2v) is 5.26. The summed E-state index contributed by atoms with van der Waals surface area (Å²) >= 11 is 4.51. The van der Waals surface area contributed by atoms with Crippen molar-refractivity contribution in [3.05, 3.63) is 41.6 Å². The summed E-state index contributed by atoms with van der Waals surface area (Å²) in [6.07, 6.45) is 0. The zero-order valence-corrected chi connectivity index (χ0v) is 10.8. The summed E-state index contributed by atoms with van der Waals surface area (Å²) in [5, 5.41) is 1.39. The molecule has 1 aromatic heterocycles. The van der Waals surface area contributed by atoms with E-state index in [0.29, 0.717) is 5.92 Å². The smallest absolute Gasteiger partial charge is 0.0706 e. The summed E-state index contributed by atoms with van der Waals surface area (Å²) in [5.74, 6) is 0.488. The highest BCUT2D eigenvalue weighted by Crippen LogP contribution is 2.29. The fourth-order valence-corrected chi connectivity index (χ4v) is 2.15. The fraction of sp³-hybridized carbons (Fsp3) is 0.357. The molecule has 1 heterocycles. The van der Waals surface area contributed by atoms with Crippen LogP contribution in [-0.2, 0) is 0 Å². The van der Waals surface area contributed by atoms with Crippen LogP contribution in [0.1, 0.15) is 43.2 Å². The Kier molecular flexibility index (Phi) is 3.20. The van der Waals surface area contributed by atoms with E-state index in [2.05, 4.69) is 57.7 Å². The molecule has 0 saturated carbocycles. The molecular formula is C14H17NS. The molecule has 2 rings (SSSR count). The van der Waals surface area contributed by atoms with Gasteiger partial charge >= 0.3 is 0 Å². The van der Waals surface area contributed by atoms with Crippen LogP contribution in [0.3, 0.4) is 0 Å². The van der Waals surface area contributed by atoms with Crippen LogP contribution in [0.5, 0.6) is 0 Å². The number of aromatic nitrogens is 1. The van der Waals surface area contributed by atoms with Crippen LogP contribution in [0, 0.1) is 0 Å². The summed E-state index contributed by atoms with van der Waals surface area (Å²) in [7, 11) is 0. The molecule has 0 bridgehead atoms. The zero-order valence-electron chi connectivity index (χ0n) is 9.94. The molecule has 0 amide bonds. The highest BCUT2D eigenvalue weighted by atomic mass is 32.1. The average molecular weight is 231 g/mol. The first-order chi connectivity index (χ1) is 7.59. The van der Waals surface area contributed by atoms with Crippen LogP contribution in [0.25, 0.3) is 10.9 Å². The van der Waals surface area contributed by atoms with Crippen LogP contribution in [0.2, 0.25) is 0 Å². The van der Waals surface area contributed by atoms with E-state index >= 15 is 0 Å². The quantitative estimate of drug-likeness (QED) is 0.758. The predicted octanol–water partition coefficient (Wildman–Crippen LogP) is 4.35. The van der Waals surface area contributed by atoms with Crippen molar-refractivity contribution in [2.24, 2.45) is 0 Å². The van der Waals surface area contributed by atoms with Gasteiger partial charge in [0.1, 0.15) is 0 Å². The Morgan fingerprint density at radius 2 is 1.81 bits per heavy atom. The van der Waals surface area contributed by atoms with Gasteiger partial charge in [-0.25, -0.2) is 0 Å². The number of rotatable bonds is 2. The minimum Gasteiger partial charge on any atom is -0.251 e. The third-order valence-corrected chi connectivity index (χ3v) is 3.05. The Morgan fingerprint density at radius 3 is 2.44 bits per heavy atom. The average Bonchev–Trinajstić information content (AvgIpc) is 2.27. The van der Waals surface area contributed by atoms with Gasteiger partial charge in [0.2, 0.25) is 0 Å². The largest absolute Gasteiger partial charge is 0.251 e. The lowest BCUT2D eigenvalue weighted by Gasteiger charge is -2.15. The molecule has 0 aliphatic rings. The van der Waals surface area contributed by atoms with Gasteiger partial charge < -0.3 is 0 Å². The van der Waals surface area contributed by atoms with E-state index in [4.69, 9.17) is 4.98 Å². The van der Waals surface area contributed by atoms with Crippen molar-refractivity contribution in [2.45, 2.75) is 31.9 Å². The maximum absolute atomic E-state index is 4.72. The van der Waals surface area contributed by atoms with E-state index in [1.807, 2.05) is 6.07 Å². The molecule has 2 heteroatoms. The van der Waals surface area contributed by atoms with E-state index in [-0.39, 0.29) is 5.25 Å². The molecule has 1 unspecified atom stereocenters. The first kappa shape index (κ1) is 11.5. The number of para-hydroxylation sites is 1. The Balaban J connectivity index is 2.71. The van der Waals surface area contributed by atoms with Crippen molar-refractivity contribution in [1.29, 1.82) is 0 Å². The first-order valence-corrected chi connectivity index (χ1v) is 6.19. The maximum atomic E-state index is 4.72. The number of fused-ring (bicyclic) bond motifs is 1. The molecule has 0 N–H and O–H groups in total. The molecule has 1 nitrogen and oxygen atoms in total. The van der Waals surface area contributed by atoms with Crippen LogP contribution in [-0.4, -0.2) is 4.98 Å². The molecule has 0 aliphatic heterocycles. The summed E-state index contributed by atoms with van der Waals surface area (Å²) in [6.45, 7) is 6.48.